The topological polar surface area (TPSA) is 174 Å². The first-order chi connectivity index (χ1) is 21.1. The van der Waals surface area contributed by atoms with Crippen LogP contribution in [0.25, 0.3) is 0 Å². The van der Waals surface area contributed by atoms with E-state index in [-0.39, 0.29) is 24.0 Å². The van der Waals surface area contributed by atoms with E-state index >= 15 is 0 Å². The van der Waals surface area contributed by atoms with Gasteiger partial charge >= 0.3 is 11.9 Å². The van der Waals surface area contributed by atoms with Gasteiger partial charge in [0.25, 0.3) is 17.6 Å². The van der Waals surface area contributed by atoms with Crippen molar-refractivity contribution in [1.82, 2.24) is 20.1 Å². The minimum Gasteiger partial charge on any atom is -0.497 e. The van der Waals surface area contributed by atoms with Gasteiger partial charge in [-0.25, -0.2) is 14.6 Å². The molecule has 2 amide bonds. The average molecular weight is 683 g/mol. The highest BCUT2D eigenvalue weighted by molar-refractivity contribution is 8.01. The van der Waals surface area contributed by atoms with E-state index in [0.717, 1.165) is 17.5 Å². The van der Waals surface area contributed by atoms with Crippen molar-refractivity contribution in [3.8, 4) is 5.75 Å². The van der Waals surface area contributed by atoms with Crippen molar-refractivity contribution in [2.45, 2.75) is 63.8 Å². The van der Waals surface area contributed by atoms with Crippen LogP contribution in [0.5, 0.6) is 5.75 Å². The normalized spacial score (nSPS) is 20.2. The number of carbonyl (C=O) groups is 4. The Hall–Kier alpha value is -3.60. The molecule has 0 saturated carbocycles. The van der Waals surface area contributed by atoms with Crippen molar-refractivity contribution < 1.29 is 38.2 Å². The summed E-state index contributed by atoms with van der Waals surface area (Å²) in [5.74, 6) is -2.05. The number of esters is 2. The van der Waals surface area contributed by atoms with Gasteiger partial charge in [-0.15, -0.1) is 23.4 Å². The second-order valence-electron chi connectivity index (χ2n) is 11.5. The van der Waals surface area contributed by atoms with Gasteiger partial charge in [0.15, 0.2) is 0 Å². The number of β-lactam (4-membered cyclic amide) rings is 1. The van der Waals surface area contributed by atoms with Crippen LogP contribution in [-0.4, -0.2) is 80.9 Å². The molecular formula is C28H35ClN6O8S2. The SMILES string of the molecule is COc1ccc(COC(=O)C2=C(CCl)CS[C@H]3C(NC(=O)/C(=N/OC(C)(C)C(=O)OC(C)(C)C)N4C=C(N)SN4)C(=O)N23)cc1. The standard InChI is InChI=1S/C28H35ClN6O8S2/c1-27(2,3)42-26(39)28(4,5)43-32-21(34-12-18(30)45-33-34)22(36)31-19-23(37)35-20(16(11-29)14-44-24(19)35)25(38)41-13-15-7-9-17(40-6)10-8-15/h7-10,12,19,24,33H,11,13-14,30H2,1-6H3,(H,31,36)/b32-21-/t19?,24-/m0/s1. The van der Waals surface area contributed by atoms with E-state index in [1.54, 1.807) is 52.1 Å². The molecule has 0 radical (unpaired) electrons. The van der Waals surface area contributed by atoms with E-state index < -0.39 is 46.4 Å². The lowest BCUT2D eigenvalue weighted by atomic mass is 10.0. The van der Waals surface area contributed by atoms with Gasteiger partial charge < -0.3 is 30.1 Å². The summed E-state index contributed by atoms with van der Waals surface area (Å²) in [5.41, 5.74) is 4.83. The van der Waals surface area contributed by atoms with Crippen LogP contribution in [0.1, 0.15) is 40.2 Å². The van der Waals surface area contributed by atoms with Gasteiger partial charge in [0.2, 0.25) is 5.60 Å². The number of amidine groups is 1. The monoisotopic (exact) mass is 682 g/mol. The van der Waals surface area contributed by atoms with Crippen molar-refractivity contribution in [1.29, 1.82) is 0 Å². The van der Waals surface area contributed by atoms with Crippen LogP contribution < -0.4 is 20.6 Å². The van der Waals surface area contributed by atoms with Crippen LogP contribution in [-0.2, 0) is 40.1 Å². The van der Waals surface area contributed by atoms with Crippen LogP contribution in [0.2, 0.25) is 0 Å². The number of nitrogens with zero attached hydrogens (tertiary/aromatic N) is 3. The van der Waals surface area contributed by atoms with Crippen molar-refractivity contribution in [2.75, 3.05) is 18.7 Å². The third-order valence-electron chi connectivity index (χ3n) is 6.42. The molecule has 17 heteroatoms. The molecule has 3 aliphatic rings. The van der Waals surface area contributed by atoms with E-state index in [9.17, 15) is 19.2 Å². The van der Waals surface area contributed by atoms with Crippen LogP contribution >= 0.6 is 35.3 Å². The molecule has 0 aromatic heterocycles. The summed E-state index contributed by atoms with van der Waals surface area (Å²) in [4.78, 5) is 62.3. The summed E-state index contributed by atoms with van der Waals surface area (Å²) in [6, 6.07) is 6.00. The predicted octanol–water partition coefficient (Wildman–Crippen LogP) is 2.31. The zero-order valence-corrected chi connectivity index (χ0v) is 27.9. The molecule has 4 N–H and O–H groups in total. The molecule has 1 aromatic rings. The largest absolute Gasteiger partial charge is 0.497 e. The maximum absolute atomic E-state index is 13.5. The van der Waals surface area contributed by atoms with Crippen molar-refractivity contribution in [3.63, 3.8) is 0 Å². The summed E-state index contributed by atoms with van der Waals surface area (Å²) in [5, 5.41) is 7.52. The summed E-state index contributed by atoms with van der Waals surface area (Å²) in [7, 11) is 1.55. The lowest BCUT2D eigenvalue weighted by Gasteiger charge is -2.49. The van der Waals surface area contributed by atoms with Crippen molar-refractivity contribution >= 4 is 64.9 Å². The minimum atomic E-state index is -1.56. The summed E-state index contributed by atoms with van der Waals surface area (Å²) in [6.45, 7) is 7.99. The summed E-state index contributed by atoms with van der Waals surface area (Å²) < 4.78 is 16.1. The number of hydrogen-bond acceptors (Lipinski definition) is 13. The molecule has 4 rings (SSSR count). The van der Waals surface area contributed by atoms with E-state index in [1.807, 2.05) is 0 Å². The highest BCUT2D eigenvalue weighted by atomic mass is 35.5. The van der Waals surface area contributed by atoms with Crippen molar-refractivity contribution in [2.24, 2.45) is 10.9 Å². The fourth-order valence-electron chi connectivity index (χ4n) is 4.10. The molecule has 1 aromatic carbocycles. The number of hydrazine groups is 1. The number of carbonyl (C=O) groups excluding carboxylic acids is 4. The Balaban J connectivity index is 1.48. The molecule has 0 spiro atoms. The first kappa shape index (κ1) is 34.3. The number of methoxy groups -OCH3 is 1. The Morgan fingerprint density at radius 2 is 1.87 bits per heavy atom. The van der Waals surface area contributed by atoms with Gasteiger partial charge in [0.1, 0.15) is 40.1 Å². The van der Waals surface area contributed by atoms with E-state index in [0.29, 0.717) is 22.1 Å². The maximum atomic E-state index is 13.5. The Morgan fingerprint density at radius 3 is 2.44 bits per heavy atom. The molecule has 45 heavy (non-hydrogen) atoms. The molecule has 3 heterocycles. The lowest BCUT2D eigenvalue weighted by Crippen LogP contribution is -2.71. The number of nitrogens with one attached hydrogen (secondary N) is 2. The number of ether oxygens (including phenoxy) is 3. The maximum Gasteiger partial charge on any atom is 0.355 e. The lowest BCUT2D eigenvalue weighted by molar-refractivity contribution is -0.179. The van der Waals surface area contributed by atoms with E-state index in [4.69, 9.17) is 36.4 Å². The number of alkyl halides is 1. The Labute approximate surface area is 274 Å². The Bertz CT molecular complexity index is 1440. The van der Waals surface area contributed by atoms with Crippen LogP contribution in [0.15, 0.2) is 51.9 Å². The van der Waals surface area contributed by atoms with Gasteiger partial charge in [0.05, 0.1) is 13.3 Å². The number of amides is 2. The van der Waals surface area contributed by atoms with E-state index in [2.05, 4.69) is 15.3 Å². The first-order valence-electron chi connectivity index (χ1n) is 13.7. The minimum absolute atomic E-state index is 0.0150. The van der Waals surface area contributed by atoms with Gasteiger partial charge in [0, 0.05) is 11.6 Å². The van der Waals surface area contributed by atoms with Gasteiger partial charge in [-0.1, -0.05) is 17.3 Å². The molecule has 0 bridgehead atoms. The number of halogens is 1. The molecular weight excluding hydrogens is 648 g/mol. The fraction of sp³-hybridized carbons (Fsp3) is 0.464. The summed E-state index contributed by atoms with van der Waals surface area (Å²) in [6.07, 6.45) is 1.39. The van der Waals surface area contributed by atoms with Gasteiger partial charge in [-0.05, 0) is 69.8 Å². The van der Waals surface area contributed by atoms with Gasteiger partial charge in [-0.3, -0.25) is 14.5 Å². The number of nitrogens with two attached hydrogens (primary N) is 1. The molecule has 1 fully saturated rings. The van der Waals surface area contributed by atoms with Crippen LogP contribution in [0, 0.1) is 0 Å². The predicted molar refractivity (Wildman–Crippen MR) is 169 cm³/mol. The summed E-state index contributed by atoms with van der Waals surface area (Å²) >= 11 is 8.49. The van der Waals surface area contributed by atoms with E-state index in [1.165, 1.54) is 41.7 Å². The smallest absolute Gasteiger partial charge is 0.355 e. The zero-order valence-electron chi connectivity index (χ0n) is 25.5. The third-order valence-corrected chi connectivity index (χ3v) is 8.71. The second kappa shape index (κ2) is 13.8. The molecule has 0 aliphatic carbocycles. The molecule has 3 aliphatic heterocycles. The average Bonchev–Trinajstić information content (AvgIpc) is 3.42. The zero-order chi connectivity index (χ0) is 33.1. The molecule has 14 nitrogen and oxygen atoms in total. The Kier molecular flexibility index (Phi) is 10.5. The number of benzene rings is 1. The highest BCUT2D eigenvalue weighted by Gasteiger charge is 2.55. The molecule has 1 saturated heterocycles. The van der Waals surface area contributed by atoms with Crippen LogP contribution in [0.3, 0.4) is 0 Å². The third kappa shape index (κ3) is 7.98. The highest BCUT2D eigenvalue weighted by Crippen LogP contribution is 2.41. The second-order valence-corrected chi connectivity index (χ2v) is 13.7. The number of rotatable bonds is 9. The van der Waals surface area contributed by atoms with Gasteiger partial charge in [-0.2, -0.15) is 4.83 Å². The quantitative estimate of drug-likeness (QED) is 0.0659. The molecule has 2 atom stereocenters. The number of thioether (sulfide) groups is 1. The number of hydrogen-bond donors (Lipinski definition) is 3. The van der Waals surface area contributed by atoms with Crippen LogP contribution in [0.4, 0.5) is 0 Å². The number of oxime groups is 1. The Morgan fingerprint density at radius 1 is 1.18 bits per heavy atom. The number of fused-ring (bicyclic) bond motifs is 1. The molecule has 1 unspecified atom stereocenters. The fourth-order valence-corrected chi connectivity index (χ4v) is 6.28. The van der Waals surface area contributed by atoms with Crippen molar-refractivity contribution in [3.05, 3.63) is 52.3 Å². The molecule has 244 valence electrons. The first-order valence-corrected chi connectivity index (χ1v) is 16.1.